The summed E-state index contributed by atoms with van der Waals surface area (Å²) < 4.78 is 12.4. The van der Waals surface area contributed by atoms with E-state index in [0.717, 1.165) is 51.0 Å². The van der Waals surface area contributed by atoms with Crippen molar-refractivity contribution in [2.45, 2.75) is 99.9 Å². The van der Waals surface area contributed by atoms with Gasteiger partial charge < -0.3 is 48.0 Å². The topological polar surface area (TPSA) is 104 Å². The lowest BCUT2D eigenvalue weighted by Gasteiger charge is -2.33. The summed E-state index contributed by atoms with van der Waals surface area (Å²) in [5, 5.41) is 4.73. The average molecular weight is 1070 g/mol. The number of furan rings is 2. The minimum absolute atomic E-state index is 0.248. The highest BCUT2D eigenvalue weighted by Gasteiger charge is 2.35. The second-order valence-electron chi connectivity index (χ2n) is 21.6. The van der Waals surface area contributed by atoms with Crippen LogP contribution in [0.5, 0.6) is 0 Å². The number of para-hydroxylation sites is 4. The highest BCUT2D eigenvalue weighted by molar-refractivity contribution is 6.11. The number of nitrogens with zero attached hydrogens (tertiary/aromatic N) is 12. The van der Waals surface area contributed by atoms with Gasteiger partial charge in [0.1, 0.15) is 59.9 Å². The lowest BCUT2D eigenvalue weighted by molar-refractivity contribution is 0.263. The first-order valence-corrected chi connectivity index (χ1v) is 27.6. The summed E-state index contributed by atoms with van der Waals surface area (Å²) in [4.78, 5) is 35.1. The summed E-state index contributed by atoms with van der Waals surface area (Å²) >= 11 is 0. The number of rotatable bonds is 5. The molecule has 6 aromatic carbocycles. The Bertz CT molecular complexity index is 3830. The molecule has 0 fully saturated rings. The molecule has 0 bridgehead atoms. The van der Waals surface area contributed by atoms with Gasteiger partial charge in [-0.05, 0) is 116 Å². The number of benzene rings is 6. The van der Waals surface area contributed by atoms with Gasteiger partial charge in [-0.2, -0.15) is 0 Å². The molecule has 14 nitrogen and oxygen atoms in total. The third kappa shape index (κ3) is 9.31. The molecule has 408 valence electrons. The van der Waals surface area contributed by atoms with Crippen molar-refractivity contribution in [1.29, 1.82) is 0 Å². The summed E-state index contributed by atoms with van der Waals surface area (Å²) in [6.07, 6.45) is 16.6. The molecule has 0 amide bonds. The van der Waals surface area contributed by atoms with E-state index in [-0.39, 0.29) is 18.5 Å². The van der Waals surface area contributed by atoms with Crippen LogP contribution in [-0.2, 0) is 0 Å². The third-order valence-corrected chi connectivity index (χ3v) is 16.4. The molecular weight excluding hydrogens is 993 g/mol. The van der Waals surface area contributed by atoms with Crippen LogP contribution in [0, 0.1) is 27.7 Å². The minimum Gasteiger partial charge on any atom is -0.454 e. The molecule has 0 radical (unpaired) electrons. The quantitative estimate of drug-likeness (QED) is 0.163. The van der Waals surface area contributed by atoms with E-state index in [4.69, 9.17) is 8.83 Å². The molecular formula is C66H72N12O2. The number of aryl methyl sites for hydroxylation is 4. The van der Waals surface area contributed by atoms with Gasteiger partial charge in [0, 0.05) is 84.9 Å². The van der Waals surface area contributed by atoms with Crippen LogP contribution in [-0.4, -0.2) is 81.6 Å². The summed E-state index contributed by atoms with van der Waals surface area (Å²) in [5.41, 5.74) is 15.7. The molecule has 80 heavy (non-hydrogen) atoms. The number of fused-ring (bicyclic) bond motifs is 8. The van der Waals surface area contributed by atoms with E-state index in [2.05, 4.69) is 271 Å². The van der Waals surface area contributed by atoms with Gasteiger partial charge in [-0.1, -0.05) is 97.1 Å². The van der Waals surface area contributed by atoms with Crippen molar-refractivity contribution in [2.75, 3.05) is 50.5 Å². The standard InChI is InChI=1S/C20H22N2O.C18H18N2O.2C14H16N4/c1-13(2)21-11-12-22(15(21)4)19-14(3)9-10-17-16-7-5-6-8-18(16)23-20(17)19;1-12-8-9-15-14-6-4-5-7-16(14)21-18(15)17(12)20-11-10-19(3)13(20)2;1-10-6-4-5-7-12(10)18-11(2)17(3)14-13(18)8-15-9-16-14;1-10-6-4-5-7-12(10)18-11(2)17(3)13-8-15-9-16-14(13)18/h5-13,15H,1-4H3;4-11,13H,1-3H3;2*4-9,11H,1-3H3/t15-;13-;2*11-/m0000/s1. The monoisotopic (exact) mass is 1060 g/mol. The predicted molar refractivity (Wildman–Crippen MR) is 330 cm³/mol. The van der Waals surface area contributed by atoms with E-state index in [1.165, 1.54) is 60.9 Å². The van der Waals surface area contributed by atoms with Gasteiger partial charge in [-0.15, -0.1) is 0 Å². The minimum atomic E-state index is 0.248. The van der Waals surface area contributed by atoms with Crippen molar-refractivity contribution in [1.82, 2.24) is 29.7 Å². The predicted octanol–water partition coefficient (Wildman–Crippen LogP) is 15.1. The molecule has 10 aromatic rings. The van der Waals surface area contributed by atoms with Crippen LogP contribution in [0.3, 0.4) is 0 Å². The first-order chi connectivity index (χ1) is 38.6. The van der Waals surface area contributed by atoms with E-state index in [9.17, 15) is 0 Å². The van der Waals surface area contributed by atoms with Gasteiger partial charge >= 0.3 is 0 Å². The molecule has 0 spiro atoms. The maximum atomic E-state index is 6.23. The van der Waals surface area contributed by atoms with Gasteiger partial charge in [0.15, 0.2) is 22.8 Å². The number of hydrogen-bond donors (Lipinski definition) is 0. The Morgan fingerprint density at radius 2 is 0.900 bits per heavy atom. The Kier molecular flexibility index (Phi) is 14.3. The van der Waals surface area contributed by atoms with Crippen LogP contribution in [0.1, 0.15) is 63.8 Å². The zero-order valence-electron chi connectivity index (χ0n) is 48.2. The molecule has 0 aliphatic carbocycles. The number of hydrogen-bond acceptors (Lipinski definition) is 14. The van der Waals surface area contributed by atoms with Crippen LogP contribution in [0.4, 0.5) is 45.8 Å². The molecule has 0 saturated carbocycles. The van der Waals surface area contributed by atoms with Crippen molar-refractivity contribution >= 4 is 89.6 Å². The molecule has 4 atom stereocenters. The van der Waals surface area contributed by atoms with Crippen molar-refractivity contribution in [3.63, 3.8) is 0 Å². The largest absolute Gasteiger partial charge is 0.454 e. The zero-order valence-corrected chi connectivity index (χ0v) is 48.2. The Morgan fingerprint density at radius 3 is 1.43 bits per heavy atom. The Balaban J connectivity index is 0.000000113. The second-order valence-corrected chi connectivity index (χ2v) is 21.6. The van der Waals surface area contributed by atoms with Crippen LogP contribution < -0.4 is 29.4 Å². The van der Waals surface area contributed by atoms with E-state index in [1.807, 2.05) is 36.7 Å². The summed E-state index contributed by atoms with van der Waals surface area (Å²) in [6.45, 7) is 21.8. The molecule has 4 aromatic heterocycles. The van der Waals surface area contributed by atoms with Crippen LogP contribution in [0.2, 0.25) is 0 Å². The van der Waals surface area contributed by atoms with Gasteiger partial charge in [0.05, 0.1) is 23.8 Å². The normalized spacial score (nSPS) is 18.1. The summed E-state index contributed by atoms with van der Waals surface area (Å²) in [5.74, 6) is 1.97. The first kappa shape index (κ1) is 53.0. The van der Waals surface area contributed by atoms with E-state index >= 15 is 0 Å². The van der Waals surface area contributed by atoms with Gasteiger partial charge in [0.25, 0.3) is 0 Å². The molecule has 0 unspecified atom stereocenters. The molecule has 14 rings (SSSR count). The van der Waals surface area contributed by atoms with E-state index < -0.39 is 0 Å². The fraction of sp³-hybridized carbons (Fsp3) is 0.273. The third-order valence-electron chi connectivity index (χ3n) is 16.4. The average Bonchev–Trinajstić information content (AvgIpc) is 4.34. The summed E-state index contributed by atoms with van der Waals surface area (Å²) in [7, 11) is 6.23. The van der Waals surface area contributed by atoms with Crippen LogP contribution >= 0.6 is 0 Å². The molecule has 4 aliphatic rings. The first-order valence-electron chi connectivity index (χ1n) is 27.6. The molecule has 8 heterocycles. The Morgan fingerprint density at radius 1 is 0.425 bits per heavy atom. The zero-order chi connectivity index (χ0) is 56.1. The Hall–Kier alpha value is -9.04. The SMILES string of the molecule is Cc1ccc2c(oc3ccccc32)c1N1C=CN(C(C)C)[C@@H]1C.Cc1ccc2c(oc3ccccc32)c1N1C=CN(C)[C@@H]1C.Cc1ccccc1N1c2cncnc2N(C)[C@@H]1C.Cc1ccccc1N1c2ncncc2N(C)[C@@H]1C. The van der Waals surface area contributed by atoms with Gasteiger partial charge in [0.2, 0.25) is 0 Å². The van der Waals surface area contributed by atoms with Gasteiger partial charge in [-0.25, -0.2) is 19.9 Å². The second kappa shape index (κ2) is 21.7. The van der Waals surface area contributed by atoms with Crippen molar-refractivity contribution in [3.8, 4) is 0 Å². The van der Waals surface area contributed by atoms with E-state index in [0.29, 0.717) is 12.2 Å². The molecule has 14 heteroatoms. The van der Waals surface area contributed by atoms with Crippen LogP contribution in [0.25, 0.3) is 43.9 Å². The van der Waals surface area contributed by atoms with E-state index in [1.54, 1.807) is 12.7 Å². The molecule has 4 aliphatic heterocycles. The lowest BCUT2D eigenvalue weighted by Crippen LogP contribution is -2.39. The molecule has 0 saturated heterocycles. The maximum absolute atomic E-state index is 6.23. The number of anilines is 8. The fourth-order valence-electron chi connectivity index (χ4n) is 11.6. The van der Waals surface area contributed by atoms with Crippen molar-refractivity contribution < 1.29 is 8.83 Å². The highest BCUT2D eigenvalue weighted by atomic mass is 16.3. The highest BCUT2D eigenvalue weighted by Crippen LogP contribution is 2.45. The maximum Gasteiger partial charge on any atom is 0.161 e. The Labute approximate surface area is 470 Å². The van der Waals surface area contributed by atoms with Crippen LogP contribution in [0.15, 0.2) is 180 Å². The lowest BCUT2D eigenvalue weighted by atomic mass is 10.1. The van der Waals surface area contributed by atoms with Gasteiger partial charge in [-0.3, -0.25) is 0 Å². The van der Waals surface area contributed by atoms with Crippen molar-refractivity contribution in [2.24, 2.45) is 0 Å². The fourth-order valence-corrected chi connectivity index (χ4v) is 11.6. The number of aromatic nitrogens is 4. The van der Waals surface area contributed by atoms with Crippen molar-refractivity contribution in [3.05, 3.63) is 193 Å². The summed E-state index contributed by atoms with van der Waals surface area (Å²) in [6, 6.07) is 42.4. The smallest absolute Gasteiger partial charge is 0.161 e. The molecule has 0 N–H and O–H groups in total.